The SMILES string of the molecule is CC(=O)Nc1ccc(NC(=O)/C(C#N)=C/c2ccc(-c3ccc(Br)cc3)s2)cc1. The third-order valence-electron chi connectivity index (χ3n) is 3.87. The van der Waals surface area contributed by atoms with Crippen molar-refractivity contribution in [1.29, 1.82) is 5.26 Å². The zero-order chi connectivity index (χ0) is 20.8. The van der Waals surface area contributed by atoms with E-state index in [1.54, 1.807) is 30.3 Å². The maximum Gasteiger partial charge on any atom is 0.266 e. The Morgan fingerprint density at radius 2 is 1.59 bits per heavy atom. The number of carbonyl (C=O) groups excluding carboxylic acids is 2. The van der Waals surface area contributed by atoms with Crippen LogP contribution in [0.3, 0.4) is 0 Å². The lowest BCUT2D eigenvalue weighted by Crippen LogP contribution is -2.13. The molecule has 7 heteroatoms. The topological polar surface area (TPSA) is 82.0 Å². The van der Waals surface area contributed by atoms with Gasteiger partial charge < -0.3 is 10.6 Å². The van der Waals surface area contributed by atoms with Gasteiger partial charge in [0.2, 0.25) is 5.91 Å². The fourth-order valence-electron chi connectivity index (χ4n) is 2.53. The van der Waals surface area contributed by atoms with E-state index in [1.807, 2.05) is 42.5 Å². The van der Waals surface area contributed by atoms with Crippen LogP contribution in [-0.2, 0) is 9.59 Å². The van der Waals surface area contributed by atoms with Gasteiger partial charge in [-0.25, -0.2) is 0 Å². The summed E-state index contributed by atoms with van der Waals surface area (Å²) in [7, 11) is 0. The summed E-state index contributed by atoms with van der Waals surface area (Å²) < 4.78 is 1.01. The number of nitrogens with zero attached hydrogens (tertiary/aromatic N) is 1. The first kappa shape index (κ1) is 20.5. The van der Waals surface area contributed by atoms with Crippen molar-refractivity contribution in [3.8, 4) is 16.5 Å². The van der Waals surface area contributed by atoms with Crippen LogP contribution in [0.4, 0.5) is 11.4 Å². The molecule has 29 heavy (non-hydrogen) atoms. The second-order valence-corrected chi connectivity index (χ2v) is 8.12. The minimum Gasteiger partial charge on any atom is -0.326 e. The second-order valence-electron chi connectivity index (χ2n) is 6.09. The average Bonchev–Trinajstić information content (AvgIpc) is 3.16. The Labute approximate surface area is 180 Å². The molecule has 0 unspecified atom stereocenters. The summed E-state index contributed by atoms with van der Waals surface area (Å²) in [5.41, 5.74) is 2.25. The molecule has 3 aromatic rings. The quantitative estimate of drug-likeness (QED) is 0.375. The van der Waals surface area contributed by atoms with Crippen LogP contribution in [0.15, 0.2) is 70.7 Å². The monoisotopic (exact) mass is 465 g/mol. The van der Waals surface area contributed by atoms with Gasteiger partial charge in [0, 0.05) is 32.5 Å². The minimum atomic E-state index is -0.488. The largest absolute Gasteiger partial charge is 0.326 e. The molecule has 5 nitrogen and oxygen atoms in total. The number of amides is 2. The van der Waals surface area contributed by atoms with Crippen molar-refractivity contribution in [2.45, 2.75) is 6.92 Å². The molecule has 2 N–H and O–H groups in total. The maximum absolute atomic E-state index is 12.5. The summed E-state index contributed by atoms with van der Waals surface area (Å²) in [6.07, 6.45) is 1.58. The van der Waals surface area contributed by atoms with Crippen LogP contribution in [0.25, 0.3) is 16.5 Å². The first-order valence-corrected chi connectivity index (χ1v) is 10.2. The third-order valence-corrected chi connectivity index (χ3v) is 5.48. The predicted octanol–water partition coefficient (Wildman–Crippen LogP) is 5.68. The lowest BCUT2D eigenvalue weighted by Gasteiger charge is -2.06. The molecule has 2 aromatic carbocycles. The van der Waals surface area contributed by atoms with Crippen LogP contribution in [0.2, 0.25) is 0 Å². The predicted molar refractivity (Wildman–Crippen MR) is 120 cm³/mol. The summed E-state index contributed by atoms with van der Waals surface area (Å²) in [6, 6.07) is 20.4. The molecule has 1 heterocycles. The van der Waals surface area contributed by atoms with Crippen LogP contribution in [0, 0.1) is 11.3 Å². The van der Waals surface area contributed by atoms with Crippen LogP contribution < -0.4 is 10.6 Å². The molecule has 1 aromatic heterocycles. The molecule has 0 bridgehead atoms. The highest BCUT2D eigenvalue weighted by Gasteiger charge is 2.11. The van der Waals surface area contributed by atoms with Crippen LogP contribution >= 0.6 is 27.3 Å². The van der Waals surface area contributed by atoms with Gasteiger partial charge in [0.15, 0.2) is 0 Å². The minimum absolute atomic E-state index is 0.0140. The van der Waals surface area contributed by atoms with Gasteiger partial charge in [0.05, 0.1) is 0 Å². The van der Waals surface area contributed by atoms with Crippen LogP contribution in [0.5, 0.6) is 0 Å². The fraction of sp³-hybridized carbons (Fsp3) is 0.0455. The first-order valence-electron chi connectivity index (χ1n) is 8.61. The Morgan fingerprint density at radius 1 is 0.966 bits per heavy atom. The summed E-state index contributed by atoms with van der Waals surface area (Å²) in [4.78, 5) is 25.4. The van der Waals surface area contributed by atoms with E-state index in [0.717, 1.165) is 19.8 Å². The van der Waals surface area contributed by atoms with Crippen molar-refractivity contribution in [1.82, 2.24) is 0 Å². The van der Waals surface area contributed by atoms with Gasteiger partial charge in [-0.2, -0.15) is 5.26 Å². The molecule has 0 aliphatic heterocycles. The molecular weight excluding hydrogens is 450 g/mol. The molecule has 0 aliphatic carbocycles. The molecule has 0 atom stereocenters. The molecule has 144 valence electrons. The smallest absolute Gasteiger partial charge is 0.266 e. The molecule has 2 amide bonds. The van der Waals surface area contributed by atoms with E-state index in [4.69, 9.17) is 0 Å². The molecular formula is C22H16BrN3O2S. The van der Waals surface area contributed by atoms with Crippen LogP contribution in [0.1, 0.15) is 11.8 Å². The highest BCUT2D eigenvalue weighted by atomic mass is 79.9. The number of rotatable bonds is 5. The highest BCUT2D eigenvalue weighted by molar-refractivity contribution is 9.10. The second kappa shape index (κ2) is 9.32. The van der Waals surface area contributed by atoms with E-state index >= 15 is 0 Å². The maximum atomic E-state index is 12.5. The van der Waals surface area contributed by atoms with Gasteiger partial charge in [-0.3, -0.25) is 9.59 Å². The van der Waals surface area contributed by atoms with Gasteiger partial charge in [0.25, 0.3) is 5.91 Å². The summed E-state index contributed by atoms with van der Waals surface area (Å²) in [6.45, 7) is 1.42. The number of halogens is 1. The number of thiophene rings is 1. The van der Waals surface area contributed by atoms with Crippen molar-refractivity contribution < 1.29 is 9.59 Å². The summed E-state index contributed by atoms with van der Waals surface area (Å²) in [5.74, 6) is -0.659. The number of nitriles is 1. The Kier molecular flexibility index (Phi) is 6.60. The summed E-state index contributed by atoms with van der Waals surface area (Å²) in [5, 5.41) is 14.8. The fourth-order valence-corrected chi connectivity index (χ4v) is 3.75. The zero-order valence-electron chi connectivity index (χ0n) is 15.4. The average molecular weight is 466 g/mol. The molecule has 3 rings (SSSR count). The Balaban J connectivity index is 1.72. The van der Waals surface area contributed by atoms with Gasteiger partial charge in [0.1, 0.15) is 11.6 Å². The Morgan fingerprint density at radius 3 is 2.17 bits per heavy atom. The Hall–Kier alpha value is -3.21. The standard InChI is InChI=1S/C22H16BrN3O2S/c1-14(27)25-18-6-8-19(9-7-18)26-22(28)16(13-24)12-20-10-11-21(29-20)15-2-4-17(23)5-3-15/h2-12H,1H3,(H,25,27)(H,26,28)/b16-12+. The van der Waals surface area contributed by atoms with Crippen molar-refractivity contribution >= 4 is 56.5 Å². The van der Waals surface area contributed by atoms with E-state index in [9.17, 15) is 14.9 Å². The van der Waals surface area contributed by atoms with Crippen molar-refractivity contribution in [3.05, 3.63) is 75.6 Å². The first-order chi connectivity index (χ1) is 13.9. The van der Waals surface area contributed by atoms with E-state index in [-0.39, 0.29) is 11.5 Å². The zero-order valence-corrected chi connectivity index (χ0v) is 17.8. The van der Waals surface area contributed by atoms with Gasteiger partial charge in [-0.05, 0) is 60.2 Å². The van der Waals surface area contributed by atoms with Crippen molar-refractivity contribution in [2.75, 3.05) is 10.6 Å². The highest BCUT2D eigenvalue weighted by Crippen LogP contribution is 2.30. The van der Waals surface area contributed by atoms with Gasteiger partial charge >= 0.3 is 0 Å². The van der Waals surface area contributed by atoms with Crippen LogP contribution in [-0.4, -0.2) is 11.8 Å². The van der Waals surface area contributed by atoms with Gasteiger partial charge in [-0.15, -0.1) is 11.3 Å². The van der Waals surface area contributed by atoms with Gasteiger partial charge in [-0.1, -0.05) is 28.1 Å². The molecule has 0 aliphatic rings. The van der Waals surface area contributed by atoms with Crippen molar-refractivity contribution in [2.24, 2.45) is 0 Å². The lowest BCUT2D eigenvalue weighted by molar-refractivity contribution is -0.114. The lowest BCUT2D eigenvalue weighted by atomic mass is 10.2. The van der Waals surface area contributed by atoms with Crippen molar-refractivity contribution in [3.63, 3.8) is 0 Å². The van der Waals surface area contributed by atoms with E-state index in [2.05, 4.69) is 26.6 Å². The number of carbonyl (C=O) groups is 2. The summed E-state index contributed by atoms with van der Waals surface area (Å²) >= 11 is 4.92. The molecule has 0 saturated carbocycles. The number of anilines is 2. The number of hydrogen-bond donors (Lipinski definition) is 2. The van der Waals surface area contributed by atoms with E-state index in [0.29, 0.717) is 11.4 Å². The van der Waals surface area contributed by atoms with E-state index in [1.165, 1.54) is 18.3 Å². The number of nitrogens with one attached hydrogen (secondary N) is 2. The molecule has 0 saturated heterocycles. The normalized spacial score (nSPS) is 10.9. The third kappa shape index (κ3) is 5.64. The number of hydrogen-bond acceptors (Lipinski definition) is 4. The molecule has 0 fully saturated rings. The molecule has 0 spiro atoms. The number of benzene rings is 2. The Bertz CT molecular complexity index is 1110. The van der Waals surface area contributed by atoms with E-state index < -0.39 is 5.91 Å². The molecule has 0 radical (unpaired) electrons.